The second kappa shape index (κ2) is 7.82. The van der Waals surface area contributed by atoms with Crippen molar-refractivity contribution in [3.8, 4) is 0 Å². The first-order valence-corrected chi connectivity index (χ1v) is 8.15. The third-order valence-electron chi connectivity index (χ3n) is 3.90. The monoisotopic (exact) mass is 336 g/mol. The predicted octanol–water partition coefficient (Wildman–Crippen LogP) is 0.111. The van der Waals surface area contributed by atoms with E-state index in [1.807, 2.05) is 30.3 Å². The molecule has 6 N–H and O–H groups in total. The first-order chi connectivity index (χ1) is 12.2. The highest BCUT2D eigenvalue weighted by molar-refractivity contribution is 6.32. The Hall–Kier alpha value is -2.84. The molecule has 2 aromatic rings. The van der Waals surface area contributed by atoms with E-state index in [0.29, 0.717) is 18.7 Å². The minimum atomic E-state index is -0.0924. The van der Waals surface area contributed by atoms with Gasteiger partial charge in [-0.05, 0) is 24.3 Å². The molecular formula is C17H21BN6O. The van der Waals surface area contributed by atoms with Gasteiger partial charge in [0.2, 0.25) is 5.91 Å². The van der Waals surface area contributed by atoms with Crippen LogP contribution >= 0.6 is 0 Å². The Morgan fingerprint density at radius 3 is 2.92 bits per heavy atom. The molecule has 0 radical (unpaired) electrons. The van der Waals surface area contributed by atoms with Gasteiger partial charge in [0.25, 0.3) is 0 Å². The van der Waals surface area contributed by atoms with E-state index < -0.39 is 0 Å². The summed E-state index contributed by atoms with van der Waals surface area (Å²) in [5, 5.41) is 9.52. The third kappa shape index (κ3) is 4.37. The zero-order valence-corrected chi connectivity index (χ0v) is 14.0. The average Bonchev–Trinajstić information content (AvgIpc) is 2.60. The second-order valence-corrected chi connectivity index (χ2v) is 5.90. The molecule has 1 unspecified atom stereocenters. The summed E-state index contributed by atoms with van der Waals surface area (Å²) in [7, 11) is 2.06. The van der Waals surface area contributed by atoms with Crippen molar-refractivity contribution in [1.82, 2.24) is 10.7 Å². The highest BCUT2D eigenvalue weighted by atomic mass is 16.1. The van der Waals surface area contributed by atoms with Crippen LogP contribution in [0.2, 0.25) is 0 Å². The van der Waals surface area contributed by atoms with E-state index >= 15 is 0 Å². The number of benzene rings is 2. The smallest absolute Gasteiger partial charge is 0.225 e. The van der Waals surface area contributed by atoms with Crippen molar-refractivity contribution in [2.24, 2.45) is 10.8 Å². The number of nitrogens with one attached hydrogen (secondary N) is 4. The molecule has 0 saturated heterocycles. The maximum atomic E-state index is 11.8. The molecule has 25 heavy (non-hydrogen) atoms. The molecule has 8 heteroatoms. The number of nitrogens with two attached hydrogens (primary N) is 1. The van der Waals surface area contributed by atoms with Crippen LogP contribution in [0.4, 0.5) is 17.1 Å². The van der Waals surface area contributed by atoms with Gasteiger partial charge in [0.05, 0.1) is 12.0 Å². The van der Waals surface area contributed by atoms with Gasteiger partial charge in [-0.25, -0.2) is 4.99 Å². The Bertz CT molecular complexity index is 794. The fourth-order valence-electron chi connectivity index (χ4n) is 2.68. The van der Waals surface area contributed by atoms with Crippen LogP contribution in [0.1, 0.15) is 18.2 Å². The number of fused-ring (bicyclic) bond motifs is 1. The van der Waals surface area contributed by atoms with E-state index in [-0.39, 0.29) is 12.1 Å². The average molecular weight is 336 g/mol. The van der Waals surface area contributed by atoms with Crippen LogP contribution in [0, 0.1) is 0 Å². The van der Waals surface area contributed by atoms with E-state index in [0.717, 1.165) is 16.9 Å². The number of amides is 1. The lowest BCUT2D eigenvalue weighted by atomic mass is 9.96. The number of carbonyl (C=O) groups excluding carboxylic acids is 1. The molecule has 128 valence electrons. The standard InChI is InChI=1S/C17H21BN6O/c18-11-2-1-3-12(8-11)24-17-14-5-4-13(9-15(14)20-10-21-17)23-16(25)6-7-22-19/h1-5,8-10,17,22,24H,6-7,18-19H2,(H,20,21)(H,23,25). The summed E-state index contributed by atoms with van der Waals surface area (Å²) >= 11 is 0. The van der Waals surface area contributed by atoms with Crippen molar-refractivity contribution in [2.75, 3.05) is 17.2 Å². The fraction of sp³-hybridized carbons (Fsp3) is 0.176. The Morgan fingerprint density at radius 1 is 1.24 bits per heavy atom. The zero-order chi connectivity index (χ0) is 17.6. The molecule has 0 saturated carbocycles. The summed E-state index contributed by atoms with van der Waals surface area (Å²) in [6.45, 7) is 0.432. The number of rotatable bonds is 6. The Kier molecular flexibility index (Phi) is 5.32. The quantitative estimate of drug-likeness (QED) is 0.293. The first-order valence-electron chi connectivity index (χ1n) is 8.15. The lowest BCUT2D eigenvalue weighted by molar-refractivity contribution is -0.116. The van der Waals surface area contributed by atoms with Crippen LogP contribution < -0.4 is 32.7 Å². The Morgan fingerprint density at radius 2 is 2.12 bits per heavy atom. The summed E-state index contributed by atoms with van der Waals surface area (Å²) in [4.78, 5) is 16.2. The van der Waals surface area contributed by atoms with Gasteiger partial charge in [-0.3, -0.25) is 16.1 Å². The molecule has 2 aromatic carbocycles. The second-order valence-electron chi connectivity index (χ2n) is 5.90. The molecule has 1 aliphatic heterocycles. The van der Waals surface area contributed by atoms with Gasteiger partial charge in [-0.2, -0.15) is 0 Å². The summed E-state index contributed by atoms with van der Waals surface area (Å²) in [6, 6.07) is 13.9. The SMILES string of the molecule is Bc1cccc(NC2NC=Nc3cc(NC(=O)CCNN)ccc32)c1. The molecule has 0 fully saturated rings. The molecule has 1 atom stereocenters. The summed E-state index contributed by atoms with van der Waals surface area (Å²) < 4.78 is 0. The number of hydrogen-bond donors (Lipinski definition) is 5. The largest absolute Gasteiger partial charge is 0.362 e. The van der Waals surface area contributed by atoms with E-state index in [4.69, 9.17) is 5.84 Å². The molecule has 0 aliphatic carbocycles. The molecule has 0 bridgehead atoms. The molecule has 1 aliphatic rings. The van der Waals surface area contributed by atoms with Crippen LogP contribution in [0.15, 0.2) is 47.5 Å². The molecule has 1 heterocycles. The van der Waals surface area contributed by atoms with Crippen molar-refractivity contribution in [3.63, 3.8) is 0 Å². The van der Waals surface area contributed by atoms with Crippen LogP contribution in [-0.4, -0.2) is 26.6 Å². The predicted molar refractivity (Wildman–Crippen MR) is 104 cm³/mol. The minimum Gasteiger partial charge on any atom is -0.362 e. The van der Waals surface area contributed by atoms with Crippen molar-refractivity contribution < 1.29 is 4.79 Å². The summed E-state index contributed by atoms with van der Waals surface area (Å²) in [5.41, 5.74) is 7.25. The van der Waals surface area contributed by atoms with Gasteiger partial charge in [0.1, 0.15) is 14.0 Å². The molecule has 7 nitrogen and oxygen atoms in total. The van der Waals surface area contributed by atoms with Gasteiger partial charge < -0.3 is 16.0 Å². The van der Waals surface area contributed by atoms with E-state index in [1.165, 1.54) is 5.46 Å². The third-order valence-corrected chi connectivity index (χ3v) is 3.90. The van der Waals surface area contributed by atoms with E-state index in [9.17, 15) is 4.79 Å². The lowest BCUT2D eigenvalue weighted by Gasteiger charge is -2.25. The van der Waals surface area contributed by atoms with Gasteiger partial charge in [-0.15, -0.1) is 0 Å². The fourth-order valence-corrected chi connectivity index (χ4v) is 2.68. The number of hydrogen-bond acceptors (Lipinski definition) is 6. The van der Waals surface area contributed by atoms with Crippen molar-refractivity contribution >= 4 is 42.6 Å². The number of carbonyl (C=O) groups is 1. The number of anilines is 2. The van der Waals surface area contributed by atoms with Crippen LogP contribution in [0.25, 0.3) is 0 Å². The highest BCUT2D eigenvalue weighted by Gasteiger charge is 2.18. The normalized spacial score (nSPS) is 15.2. The lowest BCUT2D eigenvalue weighted by Crippen LogP contribution is -2.29. The van der Waals surface area contributed by atoms with Gasteiger partial charge in [0, 0.05) is 29.9 Å². The topological polar surface area (TPSA) is 104 Å². The van der Waals surface area contributed by atoms with Crippen LogP contribution in [-0.2, 0) is 4.79 Å². The summed E-state index contributed by atoms with van der Waals surface area (Å²) in [6.07, 6.45) is 1.90. The highest BCUT2D eigenvalue weighted by Crippen LogP contribution is 2.31. The molecular weight excluding hydrogens is 315 g/mol. The Labute approximate surface area is 147 Å². The van der Waals surface area contributed by atoms with Crippen molar-refractivity contribution in [2.45, 2.75) is 12.6 Å². The van der Waals surface area contributed by atoms with E-state index in [2.05, 4.69) is 46.3 Å². The maximum absolute atomic E-state index is 11.8. The number of hydrazine groups is 1. The van der Waals surface area contributed by atoms with Crippen molar-refractivity contribution in [3.05, 3.63) is 48.0 Å². The maximum Gasteiger partial charge on any atom is 0.225 e. The van der Waals surface area contributed by atoms with Crippen molar-refractivity contribution in [1.29, 1.82) is 0 Å². The van der Waals surface area contributed by atoms with E-state index in [1.54, 1.807) is 6.34 Å². The zero-order valence-electron chi connectivity index (χ0n) is 14.0. The van der Waals surface area contributed by atoms with Gasteiger partial charge >= 0.3 is 0 Å². The van der Waals surface area contributed by atoms with Crippen LogP contribution in [0.5, 0.6) is 0 Å². The molecule has 0 aromatic heterocycles. The van der Waals surface area contributed by atoms with Crippen LogP contribution in [0.3, 0.4) is 0 Å². The molecule has 0 spiro atoms. The van der Waals surface area contributed by atoms with Gasteiger partial charge in [0.15, 0.2) is 0 Å². The van der Waals surface area contributed by atoms with Gasteiger partial charge in [-0.1, -0.05) is 23.7 Å². The minimum absolute atomic E-state index is 0.0829. The molecule has 3 rings (SSSR count). The molecule has 1 amide bonds. The number of aliphatic imine (C=N–C) groups is 1. The first kappa shape index (κ1) is 17.0. The Balaban J connectivity index is 1.74. The number of nitrogens with zero attached hydrogens (tertiary/aromatic N) is 1. The summed E-state index contributed by atoms with van der Waals surface area (Å²) in [5.74, 6) is 5.09.